The van der Waals surface area contributed by atoms with Gasteiger partial charge < -0.3 is 10.1 Å². The minimum Gasteiger partial charge on any atom is -0.475 e. The van der Waals surface area contributed by atoms with Crippen molar-refractivity contribution in [2.75, 3.05) is 19.7 Å². The number of benzene rings is 1. The third-order valence-electron chi connectivity index (χ3n) is 2.58. The second kappa shape index (κ2) is 5.99. The number of nitrogens with one attached hydrogen (secondary N) is 1. The Morgan fingerprint density at radius 2 is 2.22 bits per heavy atom. The standard InChI is InChI=1S/C14H15N3O/c1-2-16-7-8-18-14-12(10-15)9-11-5-3-4-6-13(11)17-14/h3-6,9,16H,2,7-8H2,1H3. The number of hydrogen-bond acceptors (Lipinski definition) is 4. The maximum absolute atomic E-state index is 9.09. The smallest absolute Gasteiger partial charge is 0.232 e. The van der Waals surface area contributed by atoms with Crippen molar-refractivity contribution in [3.63, 3.8) is 0 Å². The molecule has 4 nitrogen and oxygen atoms in total. The molecule has 0 aliphatic carbocycles. The third-order valence-corrected chi connectivity index (χ3v) is 2.58. The molecule has 0 fully saturated rings. The minimum atomic E-state index is 0.411. The molecule has 92 valence electrons. The van der Waals surface area contributed by atoms with Gasteiger partial charge in [-0.15, -0.1) is 0 Å². The van der Waals surface area contributed by atoms with Gasteiger partial charge in [0.15, 0.2) is 0 Å². The van der Waals surface area contributed by atoms with Crippen LogP contribution in [0.25, 0.3) is 10.9 Å². The number of nitriles is 1. The molecule has 0 atom stereocenters. The first-order valence-corrected chi connectivity index (χ1v) is 5.98. The molecular weight excluding hydrogens is 226 g/mol. The number of fused-ring (bicyclic) bond motifs is 1. The molecule has 18 heavy (non-hydrogen) atoms. The van der Waals surface area contributed by atoms with E-state index >= 15 is 0 Å². The van der Waals surface area contributed by atoms with Gasteiger partial charge >= 0.3 is 0 Å². The number of nitrogens with zero attached hydrogens (tertiary/aromatic N) is 2. The van der Waals surface area contributed by atoms with E-state index in [9.17, 15) is 0 Å². The molecule has 1 aromatic carbocycles. The highest BCUT2D eigenvalue weighted by molar-refractivity contribution is 5.80. The molecular formula is C14H15N3O. The van der Waals surface area contributed by atoms with Crippen molar-refractivity contribution < 1.29 is 4.74 Å². The van der Waals surface area contributed by atoms with Crippen LogP contribution < -0.4 is 10.1 Å². The summed E-state index contributed by atoms with van der Waals surface area (Å²) in [5, 5.41) is 13.2. The predicted molar refractivity (Wildman–Crippen MR) is 70.5 cm³/mol. The topological polar surface area (TPSA) is 57.9 Å². The Hall–Kier alpha value is -2.12. The number of pyridine rings is 1. The highest BCUT2D eigenvalue weighted by atomic mass is 16.5. The maximum Gasteiger partial charge on any atom is 0.232 e. The van der Waals surface area contributed by atoms with Crippen LogP contribution in [0.1, 0.15) is 12.5 Å². The van der Waals surface area contributed by atoms with E-state index in [2.05, 4.69) is 16.4 Å². The molecule has 0 unspecified atom stereocenters. The normalized spacial score (nSPS) is 10.2. The van der Waals surface area contributed by atoms with Crippen LogP contribution in [0.15, 0.2) is 30.3 Å². The van der Waals surface area contributed by atoms with E-state index in [4.69, 9.17) is 10.00 Å². The zero-order chi connectivity index (χ0) is 12.8. The number of ether oxygens (including phenoxy) is 1. The number of aromatic nitrogens is 1. The summed E-state index contributed by atoms with van der Waals surface area (Å²) >= 11 is 0. The molecule has 0 spiro atoms. The van der Waals surface area contributed by atoms with Crippen molar-refractivity contribution in [2.45, 2.75) is 6.92 Å². The SMILES string of the molecule is CCNCCOc1nc2ccccc2cc1C#N. The Balaban J connectivity index is 2.23. The van der Waals surface area contributed by atoms with Crippen LogP contribution >= 0.6 is 0 Å². The lowest BCUT2D eigenvalue weighted by atomic mass is 10.1. The fourth-order valence-corrected chi connectivity index (χ4v) is 1.69. The minimum absolute atomic E-state index is 0.411. The van der Waals surface area contributed by atoms with Gasteiger partial charge in [-0.25, -0.2) is 4.98 Å². The second-order valence-electron chi connectivity index (χ2n) is 3.85. The molecule has 0 aliphatic heterocycles. The van der Waals surface area contributed by atoms with Crippen molar-refractivity contribution in [3.05, 3.63) is 35.9 Å². The van der Waals surface area contributed by atoms with Crippen molar-refractivity contribution >= 4 is 10.9 Å². The summed E-state index contributed by atoms with van der Waals surface area (Å²) in [6, 6.07) is 11.6. The summed E-state index contributed by atoms with van der Waals surface area (Å²) in [6.45, 7) is 4.19. The molecule has 2 rings (SSSR count). The largest absolute Gasteiger partial charge is 0.475 e. The Morgan fingerprint density at radius 3 is 3.00 bits per heavy atom. The van der Waals surface area contributed by atoms with Crippen molar-refractivity contribution in [1.82, 2.24) is 10.3 Å². The van der Waals surface area contributed by atoms with Gasteiger partial charge in [0.2, 0.25) is 5.88 Å². The Kier molecular flexibility index (Phi) is 4.11. The van der Waals surface area contributed by atoms with E-state index in [0.29, 0.717) is 18.1 Å². The third kappa shape index (κ3) is 2.76. The van der Waals surface area contributed by atoms with E-state index in [1.54, 1.807) is 0 Å². The van der Waals surface area contributed by atoms with Gasteiger partial charge in [-0.05, 0) is 18.7 Å². The Labute approximate surface area is 106 Å². The van der Waals surface area contributed by atoms with Crippen molar-refractivity contribution in [1.29, 1.82) is 5.26 Å². The Morgan fingerprint density at radius 1 is 1.39 bits per heavy atom. The van der Waals surface area contributed by atoms with Gasteiger partial charge in [0.1, 0.15) is 18.2 Å². The first-order chi connectivity index (χ1) is 8.85. The first-order valence-electron chi connectivity index (χ1n) is 5.98. The summed E-state index contributed by atoms with van der Waals surface area (Å²) in [6.07, 6.45) is 0. The van der Waals surface area contributed by atoms with Crippen LogP contribution in [0.5, 0.6) is 5.88 Å². The fraction of sp³-hybridized carbons (Fsp3) is 0.286. The molecule has 4 heteroatoms. The molecule has 0 radical (unpaired) electrons. The summed E-state index contributed by atoms with van der Waals surface area (Å²) in [5.41, 5.74) is 1.32. The molecule has 0 saturated heterocycles. The molecule has 1 heterocycles. The van der Waals surface area contributed by atoms with Crippen LogP contribution in [-0.4, -0.2) is 24.7 Å². The van der Waals surface area contributed by atoms with Gasteiger partial charge in [-0.1, -0.05) is 25.1 Å². The monoisotopic (exact) mass is 241 g/mol. The number of para-hydroxylation sites is 1. The van der Waals surface area contributed by atoms with Crippen LogP contribution in [0.3, 0.4) is 0 Å². The van der Waals surface area contributed by atoms with Gasteiger partial charge in [0.25, 0.3) is 0 Å². The van der Waals surface area contributed by atoms with Crippen LogP contribution in [0.2, 0.25) is 0 Å². The van der Waals surface area contributed by atoms with Gasteiger partial charge in [0.05, 0.1) is 5.52 Å². The highest BCUT2D eigenvalue weighted by Crippen LogP contribution is 2.21. The lowest BCUT2D eigenvalue weighted by Crippen LogP contribution is -2.20. The number of hydrogen-bond donors (Lipinski definition) is 1. The summed E-state index contributed by atoms with van der Waals surface area (Å²) < 4.78 is 5.54. The molecule has 2 aromatic rings. The first kappa shape index (κ1) is 12.3. The maximum atomic E-state index is 9.09. The predicted octanol–water partition coefficient (Wildman–Crippen LogP) is 2.09. The lowest BCUT2D eigenvalue weighted by Gasteiger charge is -2.08. The van der Waals surface area contributed by atoms with E-state index < -0.39 is 0 Å². The molecule has 0 bridgehead atoms. The van der Waals surface area contributed by atoms with E-state index in [1.807, 2.05) is 37.3 Å². The van der Waals surface area contributed by atoms with E-state index in [1.165, 1.54) is 0 Å². The highest BCUT2D eigenvalue weighted by Gasteiger charge is 2.07. The fourth-order valence-electron chi connectivity index (χ4n) is 1.69. The summed E-state index contributed by atoms with van der Waals surface area (Å²) in [4.78, 5) is 4.37. The zero-order valence-corrected chi connectivity index (χ0v) is 10.3. The molecule has 1 N–H and O–H groups in total. The lowest BCUT2D eigenvalue weighted by molar-refractivity contribution is 0.304. The number of likely N-dealkylation sites (N-methyl/N-ethyl adjacent to an activating group) is 1. The Bertz CT molecular complexity index is 575. The average molecular weight is 241 g/mol. The molecule has 0 aliphatic rings. The van der Waals surface area contributed by atoms with Crippen molar-refractivity contribution in [3.8, 4) is 11.9 Å². The molecule has 0 saturated carbocycles. The van der Waals surface area contributed by atoms with Crippen molar-refractivity contribution in [2.24, 2.45) is 0 Å². The van der Waals surface area contributed by atoms with Crippen LogP contribution in [0.4, 0.5) is 0 Å². The van der Waals surface area contributed by atoms with E-state index in [-0.39, 0.29) is 0 Å². The number of rotatable bonds is 5. The summed E-state index contributed by atoms with van der Waals surface area (Å²) in [7, 11) is 0. The van der Waals surface area contributed by atoms with Gasteiger partial charge in [-0.3, -0.25) is 0 Å². The quantitative estimate of drug-likeness (QED) is 0.814. The van der Waals surface area contributed by atoms with Gasteiger partial charge in [0, 0.05) is 11.9 Å². The molecule has 1 aromatic heterocycles. The zero-order valence-electron chi connectivity index (χ0n) is 10.3. The van der Waals surface area contributed by atoms with Gasteiger partial charge in [-0.2, -0.15) is 5.26 Å². The van der Waals surface area contributed by atoms with Crippen LogP contribution in [0, 0.1) is 11.3 Å². The second-order valence-corrected chi connectivity index (χ2v) is 3.85. The summed E-state index contributed by atoms with van der Waals surface area (Å²) in [5.74, 6) is 0.411. The molecule has 0 amide bonds. The van der Waals surface area contributed by atoms with Crippen LogP contribution in [-0.2, 0) is 0 Å². The average Bonchev–Trinajstić information content (AvgIpc) is 2.42. The van der Waals surface area contributed by atoms with E-state index in [0.717, 1.165) is 24.0 Å².